The zero-order valence-electron chi connectivity index (χ0n) is 17.3. The number of ether oxygens (including phenoxy) is 1. The Morgan fingerprint density at radius 3 is 2.03 bits per heavy atom. The van der Waals surface area contributed by atoms with Crippen molar-refractivity contribution in [2.75, 3.05) is 0 Å². The molecule has 0 radical (unpaired) electrons. The molecule has 3 fully saturated rings. The smallest absolute Gasteiger partial charge is 0.329 e. The molecule has 1 heterocycles. The minimum atomic E-state index is -1.04. The van der Waals surface area contributed by atoms with E-state index >= 15 is 0 Å². The van der Waals surface area contributed by atoms with Gasteiger partial charge < -0.3 is 4.74 Å². The molecule has 6 nitrogen and oxygen atoms in total. The van der Waals surface area contributed by atoms with Crippen molar-refractivity contribution in [2.24, 2.45) is 35.5 Å². The molecule has 156 valence electrons. The fourth-order valence-corrected chi connectivity index (χ4v) is 5.75. The molecule has 1 aromatic rings. The molecule has 2 bridgehead atoms. The van der Waals surface area contributed by atoms with Gasteiger partial charge in [-0.3, -0.25) is 19.3 Å². The number of hydrogen-bond acceptors (Lipinski definition) is 5. The molecule has 0 aromatic heterocycles. The van der Waals surface area contributed by atoms with Crippen LogP contribution in [0, 0.1) is 42.4 Å². The third-order valence-electron chi connectivity index (χ3n) is 7.42. The van der Waals surface area contributed by atoms with E-state index in [0.29, 0.717) is 17.4 Å². The molecule has 1 aliphatic heterocycles. The summed E-state index contributed by atoms with van der Waals surface area (Å²) < 4.78 is 5.37. The second-order valence-corrected chi connectivity index (χ2v) is 9.19. The number of likely N-dealkylation sites (tertiary alicyclic amines) is 1. The molecule has 1 saturated heterocycles. The average molecular weight is 407 g/mol. The van der Waals surface area contributed by atoms with Crippen molar-refractivity contribution in [1.82, 2.24) is 4.90 Å². The maximum absolute atomic E-state index is 13.1. The molecule has 6 heteroatoms. The summed E-state index contributed by atoms with van der Waals surface area (Å²) in [5.41, 5.74) is 1.48. The molecule has 0 N–H and O–H groups in total. The number of carbonyl (C=O) groups excluding carboxylic acids is 4. The minimum absolute atomic E-state index is 0.108. The lowest BCUT2D eigenvalue weighted by Gasteiger charge is -2.37. The number of carbonyl (C=O) groups is 4. The quantitative estimate of drug-likeness (QED) is 0.324. The van der Waals surface area contributed by atoms with Gasteiger partial charge in [-0.25, -0.2) is 4.79 Å². The first-order chi connectivity index (χ1) is 14.3. The fourth-order valence-electron chi connectivity index (χ4n) is 5.75. The van der Waals surface area contributed by atoms with Gasteiger partial charge in [0.25, 0.3) is 0 Å². The predicted molar refractivity (Wildman–Crippen MR) is 107 cm³/mol. The molecule has 2 amide bonds. The zero-order chi connectivity index (χ0) is 21.3. The Balaban J connectivity index is 1.29. The van der Waals surface area contributed by atoms with Crippen LogP contribution in [0.3, 0.4) is 0 Å². The molecule has 6 rings (SSSR count). The van der Waals surface area contributed by atoms with E-state index in [2.05, 4.69) is 12.2 Å². The highest BCUT2D eigenvalue weighted by Crippen LogP contribution is 2.65. The van der Waals surface area contributed by atoms with Gasteiger partial charge in [-0.05, 0) is 50.9 Å². The molecule has 0 spiro atoms. The first-order valence-electron chi connectivity index (χ1n) is 10.7. The van der Waals surface area contributed by atoms with Gasteiger partial charge in [-0.2, -0.15) is 0 Å². The van der Waals surface area contributed by atoms with Gasteiger partial charge in [0.15, 0.2) is 6.10 Å². The molecule has 8 atom stereocenters. The third-order valence-corrected chi connectivity index (χ3v) is 7.42. The van der Waals surface area contributed by atoms with E-state index in [1.165, 1.54) is 13.8 Å². The highest BCUT2D eigenvalue weighted by Gasteiger charge is 2.67. The Morgan fingerprint density at radius 2 is 1.50 bits per heavy atom. The second-order valence-electron chi connectivity index (χ2n) is 9.19. The number of Topliss-reactive ketones (excluding diaryl/α,β-unsaturated/α-hetero) is 1. The van der Waals surface area contributed by atoms with E-state index in [-0.39, 0.29) is 41.3 Å². The van der Waals surface area contributed by atoms with Crippen LogP contribution >= 0.6 is 0 Å². The summed E-state index contributed by atoms with van der Waals surface area (Å²) in [7, 11) is 0. The Kier molecular flexibility index (Phi) is 4.24. The Hall–Kier alpha value is -2.76. The number of esters is 1. The van der Waals surface area contributed by atoms with Crippen LogP contribution in [0.25, 0.3) is 0 Å². The lowest BCUT2D eigenvalue weighted by molar-refractivity contribution is -0.160. The molecule has 30 heavy (non-hydrogen) atoms. The molecule has 2 saturated carbocycles. The molecule has 4 aliphatic carbocycles. The monoisotopic (exact) mass is 407 g/mol. The normalized spacial score (nSPS) is 35.0. The summed E-state index contributed by atoms with van der Waals surface area (Å²) >= 11 is 0. The van der Waals surface area contributed by atoms with Crippen LogP contribution in [0.15, 0.2) is 36.4 Å². The van der Waals surface area contributed by atoms with E-state index in [9.17, 15) is 19.2 Å². The number of benzene rings is 1. The van der Waals surface area contributed by atoms with Gasteiger partial charge in [0.2, 0.25) is 17.6 Å². The van der Waals surface area contributed by atoms with Crippen molar-refractivity contribution in [2.45, 2.75) is 39.3 Å². The van der Waals surface area contributed by atoms with Gasteiger partial charge in [0.05, 0.1) is 11.8 Å². The SMILES string of the molecule is Cc1ccc(C(=O)[C@H](C)OC(=O)[C@H](C)N2C(=O)[C@@H]3[C@H]4C=C[C@@H]([C@@H]5C[C@H]45)[C@@H]3C2=O)cc1. The number of hydrogen-bond donors (Lipinski definition) is 0. The number of imide groups is 1. The van der Waals surface area contributed by atoms with Crippen molar-refractivity contribution in [3.8, 4) is 0 Å². The first-order valence-corrected chi connectivity index (χ1v) is 10.7. The number of rotatable bonds is 5. The van der Waals surface area contributed by atoms with Gasteiger partial charge in [-0.15, -0.1) is 0 Å². The van der Waals surface area contributed by atoms with E-state index in [0.717, 1.165) is 16.9 Å². The number of allylic oxidation sites excluding steroid dienone is 2. The van der Waals surface area contributed by atoms with E-state index < -0.39 is 18.1 Å². The summed E-state index contributed by atoms with van der Waals surface area (Å²) in [5, 5.41) is 0. The lowest BCUT2D eigenvalue weighted by atomic mass is 9.63. The minimum Gasteiger partial charge on any atom is -0.453 e. The highest BCUT2D eigenvalue weighted by atomic mass is 16.5. The molecule has 5 aliphatic rings. The summed E-state index contributed by atoms with van der Waals surface area (Å²) in [5.74, 6) is -1.04. The molecular formula is C24H25NO5. The van der Waals surface area contributed by atoms with E-state index in [1.54, 1.807) is 12.1 Å². The molecule has 0 unspecified atom stereocenters. The predicted octanol–water partition coefficient (Wildman–Crippen LogP) is 2.55. The molecule has 1 aromatic carbocycles. The summed E-state index contributed by atoms with van der Waals surface area (Å²) in [6, 6.07) is 5.98. The van der Waals surface area contributed by atoms with Crippen molar-refractivity contribution in [3.05, 3.63) is 47.5 Å². The van der Waals surface area contributed by atoms with Crippen LogP contribution in [0.1, 0.15) is 36.2 Å². The Morgan fingerprint density at radius 1 is 0.967 bits per heavy atom. The molecular weight excluding hydrogens is 382 g/mol. The van der Waals surface area contributed by atoms with Crippen LogP contribution < -0.4 is 0 Å². The number of aryl methyl sites for hydroxylation is 1. The largest absolute Gasteiger partial charge is 0.453 e. The van der Waals surface area contributed by atoms with Gasteiger partial charge in [0.1, 0.15) is 6.04 Å². The third kappa shape index (κ3) is 2.69. The maximum Gasteiger partial charge on any atom is 0.329 e. The van der Waals surface area contributed by atoms with Crippen LogP contribution in [-0.2, 0) is 19.1 Å². The van der Waals surface area contributed by atoms with Gasteiger partial charge in [-0.1, -0.05) is 42.0 Å². The Bertz CT molecular complexity index is 944. The van der Waals surface area contributed by atoms with Crippen LogP contribution in [0.2, 0.25) is 0 Å². The van der Waals surface area contributed by atoms with E-state index in [4.69, 9.17) is 4.74 Å². The van der Waals surface area contributed by atoms with Gasteiger partial charge >= 0.3 is 5.97 Å². The average Bonchev–Trinajstić information content (AvgIpc) is 3.51. The summed E-state index contributed by atoms with van der Waals surface area (Å²) in [6.45, 7) is 4.94. The van der Waals surface area contributed by atoms with Crippen LogP contribution in [0.4, 0.5) is 0 Å². The van der Waals surface area contributed by atoms with Crippen molar-refractivity contribution in [1.29, 1.82) is 0 Å². The maximum atomic E-state index is 13.1. The van der Waals surface area contributed by atoms with Crippen molar-refractivity contribution < 1.29 is 23.9 Å². The number of nitrogens with zero attached hydrogens (tertiary/aromatic N) is 1. The van der Waals surface area contributed by atoms with Crippen molar-refractivity contribution >= 4 is 23.6 Å². The lowest BCUT2D eigenvalue weighted by Crippen LogP contribution is -2.46. The fraction of sp³-hybridized carbons (Fsp3) is 0.500. The summed E-state index contributed by atoms with van der Waals surface area (Å²) in [4.78, 5) is 52.6. The first kappa shape index (κ1) is 19.2. The standard InChI is InChI=1S/C24H25NO5/c1-11-4-6-14(7-5-11)21(26)13(3)30-24(29)12(2)25-22(27)19-15-8-9-16(18-10-17(15)18)20(19)23(25)28/h4-9,12-13,15-20H,10H2,1-3H3/t12-,13-,15-,16-,17-,18+,19-,20+/m0/s1. The van der Waals surface area contributed by atoms with E-state index in [1.807, 2.05) is 19.1 Å². The Labute approximate surface area is 175 Å². The second kappa shape index (κ2) is 6.62. The van der Waals surface area contributed by atoms with Crippen LogP contribution in [-0.4, -0.2) is 40.6 Å². The van der Waals surface area contributed by atoms with Crippen LogP contribution in [0.5, 0.6) is 0 Å². The highest BCUT2D eigenvalue weighted by molar-refractivity contribution is 6.09. The van der Waals surface area contributed by atoms with Crippen molar-refractivity contribution in [3.63, 3.8) is 0 Å². The zero-order valence-corrected chi connectivity index (χ0v) is 17.3. The topological polar surface area (TPSA) is 80.8 Å². The number of ketones is 1. The number of amides is 2. The van der Waals surface area contributed by atoms with Gasteiger partial charge in [0, 0.05) is 5.56 Å². The summed E-state index contributed by atoms with van der Waals surface area (Å²) in [6.07, 6.45) is 4.29.